The molecule has 5 aromatic rings. The molecular weight excluding hydrogens is 563 g/mol. The van der Waals surface area contributed by atoms with E-state index in [4.69, 9.17) is 12.2 Å². The third kappa shape index (κ3) is 4.89. The Morgan fingerprint density at radius 3 is 2.13 bits per heavy atom. The average Bonchev–Trinajstić information content (AvgIpc) is 3.67. The fourth-order valence-corrected chi connectivity index (χ4v) is 7.28. The minimum Gasteiger partial charge on any atom is -0.302 e. The SMILES string of the molecule is CCN1C(=O)/C(=N\c2ccc(-c3ccc(N(c4ccc(C)cc4)c4ccc(C)cc4)s3)c3nsnc23)SC1=S. The number of nitrogens with zero attached hydrogens (tertiary/aromatic N) is 5. The molecule has 2 aromatic heterocycles. The van der Waals surface area contributed by atoms with Crippen molar-refractivity contribution in [3.63, 3.8) is 0 Å². The van der Waals surface area contributed by atoms with Crippen LogP contribution in [0.1, 0.15) is 18.1 Å². The van der Waals surface area contributed by atoms with Crippen molar-refractivity contribution in [2.45, 2.75) is 20.8 Å². The highest BCUT2D eigenvalue weighted by Gasteiger charge is 2.32. The van der Waals surface area contributed by atoms with E-state index in [0.29, 0.717) is 27.1 Å². The van der Waals surface area contributed by atoms with Crippen LogP contribution in [0.4, 0.5) is 22.1 Å². The van der Waals surface area contributed by atoms with Crippen LogP contribution in [0, 0.1) is 13.8 Å². The maximum Gasteiger partial charge on any atom is 0.284 e. The molecule has 1 aliphatic heterocycles. The van der Waals surface area contributed by atoms with Gasteiger partial charge < -0.3 is 4.90 Å². The molecule has 3 aromatic carbocycles. The van der Waals surface area contributed by atoms with Gasteiger partial charge in [0.15, 0.2) is 5.04 Å². The quantitative estimate of drug-likeness (QED) is 0.186. The molecule has 39 heavy (non-hydrogen) atoms. The largest absolute Gasteiger partial charge is 0.302 e. The monoisotopic (exact) mass is 585 g/mol. The lowest BCUT2D eigenvalue weighted by molar-refractivity contribution is -0.119. The zero-order chi connectivity index (χ0) is 27.1. The molecule has 0 spiro atoms. The lowest BCUT2D eigenvalue weighted by Gasteiger charge is -2.24. The smallest absolute Gasteiger partial charge is 0.284 e. The van der Waals surface area contributed by atoms with E-state index in [-0.39, 0.29) is 5.91 Å². The van der Waals surface area contributed by atoms with Crippen LogP contribution < -0.4 is 4.90 Å². The Bertz CT molecular complexity index is 1690. The number of thiophene rings is 1. The summed E-state index contributed by atoms with van der Waals surface area (Å²) in [6.07, 6.45) is 0. The fourth-order valence-electron chi connectivity index (χ4n) is 4.36. The lowest BCUT2D eigenvalue weighted by atomic mass is 10.1. The highest BCUT2D eigenvalue weighted by molar-refractivity contribution is 8.35. The molecule has 0 unspecified atom stereocenters. The Balaban J connectivity index is 1.39. The van der Waals surface area contributed by atoms with E-state index in [1.807, 2.05) is 19.1 Å². The summed E-state index contributed by atoms with van der Waals surface area (Å²) in [7, 11) is 0. The number of hydrogen-bond donors (Lipinski definition) is 0. The number of benzene rings is 3. The topological polar surface area (TPSA) is 61.7 Å². The number of carbonyl (C=O) groups excluding carboxylic acids is 1. The third-order valence-electron chi connectivity index (χ3n) is 6.43. The number of amides is 1. The van der Waals surface area contributed by atoms with Crippen LogP contribution in [-0.4, -0.2) is 35.5 Å². The zero-order valence-electron chi connectivity index (χ0n) is 21.4. The van der Waals surface area contributed by atoms with Crippen molar-refractivity contribution in [2.75, 3.05) is 11.4 Å². The van der Waals surface area contributed by atoms with Gasteiger partial charge in [0, 0.05) is 28.4 Å². The van der Waals surface area contributed by atoms with Gasteiger partial charge >= 0.3 is 0 Å². The summed E-state index contributed by atoms with van der Waals surface area (Å²) in [5.41, 5.74) is 7.71. The van der Waals surface area contributed by atoms with Crippen molar-refractivity contribution in [3.05, 3.63) is 83.9 Å². The molecule has 1 amide bonds. The van der Waals surface area contributed by atoms with Crippen LogP contribution in [0.25, 0.3) is 21.5 Å². The third-order valence-corrected chi connectivity index (χ3v) is 9.38. The Morgan fingerprint density at radius 1 is 0.872 bits per heavy atom. The van der Waals surface area contributed by atoms with Gasteiger partial charge in [0.05, 0.1) is 17.4 Å². The molecule has 0 aliphatic carbocycles. The maximum absolute atomic E-state index is 12.7. The summed E-state index contributed by atoms with van der Waals surface area (Å²) in [6.45, 7) is 6.62. The lowest BCUT2D eigenvalue weighted by Crippen LogP contribution is -2.29. The van der Waals surface area contributed by atoms with Crippen LogP contribution in [0.3, 0.4) is 0 Å². The summed E-state index contributed by atoms with van der Waals surface area (Å²) < 4.78 is 9.68. The van der Waals surface area contributed by atoms with E-state index >= 15 is 0 Å². The highest BCUT2D eigenvalue weighted by atomic mass is 32.2. The van der Waals surface area contributed by atoms with Gasteiger partial charge in [-0.2, -0.15) is 8.75 Å². The summed E-state index contributed by atoms with van der Waals surface area (Å²) in [5.74, 6) is -0.164. The Kier molecular flexibility index (Phi) is 7.03. The molecule has 0 bridgehead atoms. The van der Waals surface area contributed by atoms with Gasteiger partial charge in [0.25, 0.3) is 5.91 Å². The number of thioether (sulfide) groups is 1. The predicted octanol–water partition coefficient (Wildman–Crippen LogP) is 8.42. The maximum atomic E-state index is 12.7. The van der Waals surface area contributed by atoms with E-state index < -0.39 is 0 Å². The number of rotatable bonds is 6. The molecule has 6 nitrogen and oxygen atoms in total. The minimum absolute atomic E-state index is 0.164. The van der Waals surface area contributed by atoms with Crippen molar-refractivity contribution >= 4 is 95.4 Å². The van der Waals surface area contributed by atoms with Crippen LogP contribution >= 0.6 is 47.0 Å². The van der Waals surface area contributed by atoms with Gasteiger partial charge in [-0.05, 0) is 81.1 Å². The van der Waals surface area contributed by atoms with Crippen molar-refractivity contribution in [3.8, 4) is 10.4 Å². The molecule has 0 radical (unpaired) electrons. The van der Waals surface area contributed by atoms with Gasteiger partial charge in [-0.3, -0.25) is 9.69 Å². The molecule has 0 N–H and O–H groups in total. The number of thiocarbonyl (C=S) groups is 1. The summed E-state index contributed by atoms with van der Waals surface area (Å²) >= 11 is 9.41. The van der Waals surface area contributed by atoms with Gasteiger partial charge in [-0.15, -0.1) is 11.3 Å². The van der Waals surface area contributed by atoms with Crippen LogP contribution in [-0.2, 0) is 4.79 Å². The summed E-state index contributed by atoms with van der Waals surface area (Å²) in [6, 6.07) is 25.3. The second-order valence-corrected chi connectivity index (χ2v) is 12.3. The fraction of sp³-hybridized carbons (Fsp3) is 0.138. The number of anilines is 3. The van der Waals surface area contributed by atoms with E-state index in [0.717, 1.165) is 44.1 Å². The Labute approximate surface area is 244 Å². The van der Waals surface area contributed by atoms with Crippen LogP contribution in [0.5, 0.6) is 0 Å². The zero-order valence-corrected chi connectivity index (χ0v) is 24.7. The number of aryl methyl sites for hydroxylation is 2. The van der Waals surface area contributed by atoms with Crippen LogP contribution in [0.2, 0.25) is 0 Å². The van der Waals surface area contributed by atoms with E-state index in [2.05, 4.69) is 93.2 Å². The molecular formula is C29H23N5OS4. The highest BCUT2D eigenvalue weighted by Crippen LogP contribution is 2.44. The number of hydrogen-bond acceptors (Lipinski definition) is 9. The van der Waals surface area contributed by atoms with E-state index in [1.165, 1.54) is 22.9 Å². The molecule has 1 fully saturated rings. The van der Waals surface area contributed by atoms with Gasteiger partial charge in [0.2, 0.25) is 0 Å². The first-order valence-corrected chi connectivity index (χ1v) is 15.1. The second kappa shape index (κ2) is 10.6. The summed E-state index contributed by atoms with van der Waals surface area (Å²) in [4.78, 5) is 22.3. The van der Waals surface area contributed by atoms with Crippen molar-refractivity contribution < 1.29 is 4.79 Å². The molecule has 0 atom stereocenters. The summed E-state index contributed by atoms with van der Waals surface area (Å²) in [5, 5.41) is 1.47. The number of carbonyl (C=O) groups is 1. The van der Waals surface area contributed by atoms with Crippen LogP contribution in [0.15, 0.2) is 77.8 Å². The first-order chi connectivity index (χ1) is 18.9. The molecule has 1 aliphatic rings. The predicted molar refractivity (Wildman–Crippen MR) is 170 cm³/mol. The molecule has 0 saturated carbocycles. The minimum atomic E-state index is -0.164. The first kappa shape index (κ1) is 25.8. The molecule has 10 heteroatoms. The van der Waals surface area contributed by atoms with E-state index in [1.54, 1.807) is 16.2 Å². The van der Waals surface area contributed by atoms with Gasteiger partial charge in [0.1, 0.15) is 20.4 Å². The Morgan fingerprint density at radius 2 is 1.51 bits per heavy atom. The Hall–Kier alpha value is -3.44. The molecule has 194 valence electrons. The van der Waals surface area contributed by atoms with E-state index in [9.17, 15) is 4.79 Å². The number of aromatic nitrogens is 2. The average molecular weight is 586 g/mol. The molecule has 3 heterocycles. The van der Waals surface area contributed by atoms with Crippen molar-refractivity contribution in [1.82, 2.24) is 13.6 Å². The van der Waals surface area contributed by atoms with Gasteiger partial charge in [-0.1, -0.05) is 47.6 Å². The standard InChI is InChI=1S/C29H23N5OS4/c1-4-33-28(35)27(38-29(33)36)30-22-14-13-21(25-26(22)32-39-31-25)23-15-16-24(37-23)34(19-9-5-17(2)6-10-19)20-11-7-18(3)8-12-20/h5-16H,4H2,1-3H3/b30-27+. The van der Waals surface area contributed by atoms with Crippen molar-refractivity contribution in [2.24, 2.45) is 4.99 Å². The number of fused-ring (bicyclic) bond motifs is 1. The number of aliphatic imine (C=N–C) groups is 1. The second-order valence-electron chi connectivity index (χ2n) is 9.07. The normalized spacial score (nSPS) is 14.6. The van der Waals surface area contributed by atoms with Gasteiger partial charge in [-0.25, -0.2) is 4.99 Å². The molecule has 6 rings (SSSR count). The molecule has 1 saturated heterocycles. The van der Waals surface area contributed by atoms with Crippen molar-refractivity contribution in [1.29, 1.82) is 0 Å². The first-order valence-electron chi connectivity index (χ1n) is 12.3.